The number of rotatable bonds is 6. The van der Waals surface area contributed by atoms with Crippen LogP contribution in [0.15, 0.2) is 48.5 Å². The number of nitrogens with zero attached hydrogens (tertiary/aromatic N) is 2. The van der Waals surface area contributed by atoms with Crippen LogP contribution in [0.1, 0.15) is 24.4 Å². The molecule has 0 unspecified atom stereocenters. The number of hydrogen-bond donors (Lipinski definition) is 2. The molecule has 1 aliphatic rings. The van der Waals surface area contributed by atoms with E-state index in [1.54, 1.807) is 12.1 Å². The van der Waals surface area contributed by atoms with Crippen LogP contribution in [0.5, 0.6) is 0 Å². The lowest BCUT2D eigenvalue weighted by Crippen LogP contribution is -2.38. The van der Waals surface area contributed by atoms with Crippen LogP contribution in [-0.2, 0) is 0 Å². The van der Waals surface area contributed by atoms with Gasteiger partial charge < -0.3 is 10.6 Å². The van der Waals surface area contributed by atoms with Crippen molar-refractivity contribution >= 4 is 40.3 Å². The van der Waals surface area contributed by atoms with Crippen LogP contribution < -0.4 is 10.6 Å². The fraction of sp³-hybridized carbons (Fsp3) is 0.316. The summed E-state index contributed by atoms with van der Waals surface area (Å²) in [4.78, 5) is 12.7. The highest BCUT2D eigenvalue weighted by Crippen LogP contribution is 2.29. The highest BCUT2D eigenvalue weighted by atomic mass is 35.5. The SMILES string of the molecule is O=[N+]([O-])c1ccc(NC(=S)NC[C@H](c2ccccc2Cl)N2CCCC2)cc1. The number of non-ortho nitro benzene ring substituents is 1. The van der Waals surface area contributed by atoms with E-state index in [2.05, 4.69) is 21.6 Å². The first-order valence-corrected chi connectivity index (χ1v) is 9.61. The summed E-state index contributed by atoms with van der Waals surface area (Å²) in [5, 5.41) is 18.3. The van der Waals surface area contributed by atoms with Gasteiger partial charge in [0.2, 0.25) is 0 Å². The van der Waals surface area contributed by atoms with E-state index >= 15 is 0 Å². The van der Waals surface area contributed by atoms with Gasteiger partial charge in [-0.2, -0.15) is 0 Å². The number of thiocarbonyl (C=S) groups is 1. The highest BCUT2D eigenvalue weighted by molar-refractivity contribution is 7.80. The van der Waals surface area contributed by atoms with E-state index in [0.29, 0.717) is 17.3 Å². The standard InChI is InChI=1S/C19H21ClN4O2S/c20-17-6-2-1-5-16(17)18(23-11-3-4-12-23)13-21-19(27)22-14-7-9-15(10-8-14)24(25)26/h1-2,5-10,18H,3-4,11-13H2,(H2,21,22,27)/t18-/m1/s1. The molecule has 2 aromatic carbocycles. The largest absolute Gasteiger partial charge is 0.361 e. The lowest BCUT2D eigenvalue weighted by molar-refractivity contribution is -0.384. The van der Waals surface area contributed by atoms with Crippen LogP contribution in [-0.4, -0.2) is 34.6 Å². The van der Waals surface area contributed by atoms with Crippen molar-refractivity contribution in [2.45, 2.75) is 18.9 Å². The van der Waals surface area contributed by atoms with E-state index < -0.39 is 4.92 Å². The first-order valence-electron chi connectivity index (χ1n) is 8.82. The summed E-state index contributed by atoms with van der Waals surface area (Å²) in [6.45, 7) is 2.71. The normalized spacial score (nSPS) is 15.3. The zero-order valence-corrected chi connectivity index (χ0v) is 16.3. The molecule has 0 spiro atoms. The van der Waals surface area contributed by atoms with Crippen LogP contribution in [0.2, 0.25) is 5.02 Å². The van der Waals surface area contributed by atoms with Crippen LogP contribution in [0.3, 0.4) is 0 Å². The van der Waals surface area contributed by atoms with Crippen molar-refractivity contribution in [3.05, 3.63) is 69.2 Å². The van der Waals surface area contributed by atoms with Gasteiger partial charge >= 0.3 is 0 Å². The maximum absolute atomic E-state index is 10.7. The second-order valence-electron chi connectivity index (χ2n) is 6.42. The van der Waals surface area contributed by atoms with Crippen molar-refractivity contribution in [3.8, 4) is 0 Å². The summed E-state index contributed by atoms with van der Waals surface area (Å²) in [6, 6.07) is 14.2. The van der Waals surface area contributed by atoms with Gasteiger partial charge in [0.1, 0.15) is 0 Å². The third-order valence-electron chi connectivity index (χ3n) is 4.64. The number of likely N-dealkylation sites (tertiary alicyclic amines) is 1. The minimum absolute atomic E-state index is 0.0484. The predicted octanol–water partition coefficient (Wildman–Crippen LogP) is 4.37. The third kappa shape index (κ3) is 5.15. The molecule has 6 nitrogen and oxygen atoms in total. The topological polar surface area (TPSA) is 70.4 Å². The molecule has 27 heavy (non-hydrogen) atoms. The van der Waals surface area contributed by atoms with E-state index in [-0.39, 0.29) is 11.7 Å². The van der Waals surface area contributed by atoms with Crippen LogP contribution in [0, 0.1) is 10.1 Å². The van der Waals surface area contributed by atoms with E-state index in [1.807, 2.05) is 18.2 Å². The second-order valence-corrected chi connectivity index (χ2v) is 7.23. The van der Waals surface area contributed by atoms with Crippen LogP contribution in [0.25, 0.3) is 0 Å². The highest BCUT2D eigenvalue weighted by Gasteiger charge is 2.25. The van der Waals surface area contributed by atoms with Crippen molar-refractivity contribution < 1.29 is 4.92 Å². The van der Waals surface area contributed by atoms with Gasteiger partial charge in [-0.1, -0.05) is 29.8 Å². The zero-order chi connectivity index (χ0) is 19.2. The summed E-state index contributed by atoms with van der Waals surface area (Å²) in [6.07, 6.45) is 2.37. The Morgan fingerprint density at radius 1 is 1.19 bits per heavy atom. The molecule has 1 atom stereocenters. The number of benzene rings is 2. The van der Waals surface area contributed by atoms with Gasteiger partial charge in [0.15, 0.2) is 5.11 Å². The molecule has 1 saturated heterocycles. The number of nitro benzene ring substituents is 1. The van der Waals surface area contributed by atoms with Crippen LogP contribution in [0.4, 0.5) is 11.4 Å². The third-order valence-corrected chi connectivity index (χ3v) is 5.23. The molecule has 1 fully saturated rings. The van der Waals surface area contributed by atoms with Crippen molar-refractivity contribution in [3.63, 3.8) is 0 Å². The van der Waals surface area contributed by atoms with Gasteiger partial charge in [0.05, 0.1) is 11.0 Å². The second kappa shape index (κ2) is 9.12. The fourth-order valence-corrected chi connectivity index (χ4v) is 3.73. The molecule has 0 aliphatic carbocycles. The zero-order valence-electron chi connectivity index (χ0n) is 14.7. The average molecular weight is 405 g/mol. The van der Waals surface area contributed by atoms with Gasteiger partial charge in [0.25, 0.3) is 5.69 Å². The Bertz CT molecular complexity index is 810. The van der Waals surface area contributed by atoms with Crippen molar-refractivity contribution in [1.29, 1.82) is 0 Å². The quantitative estimate of drug-likeness (QED) is 0.423. The van der Waals surface area contributed by atoms with E-state index in [1.165, 1.54) is 25.0 Å². The molecule has 0 amide bonds. The number of hydrogen-bond acceptors (Lipinski definition) is 4. The van der Waals surface area contributed by atoms with Crippen molar-refractivity contribution in [1.82, 2.24) is 10.2 Å². The maximum Gasteiger partial charge on any atom is 0.269 e. The Hall–Kier alpha value is -2.22. The molecular formula is C19H21ClN4O2S. The Morgan fingerprint density at radius 3 is 2.48 bits per heavy atom. The van der Waals surface area contributed by atoms with Gasteiger partial charge in [-0.25, -0.2) is 0 Å². The fourth-order valence-electron chi connectivity index (χ4n) is 3.27. The summed E-state index contributed by atoms with van der Waals surface area (Å²) in [5.41, 5.74) is 1.84. The monoisotopic (exact) mass is 404 g/mol. The predicted molar refractivity (Wildman–Crippen MR) is 112 cm³/mol. The molecule has 1 heterocycles. The van der Waals surface area contributed by atoms with E-state index in [4.69, 9.17) is 23.8 Å². The summed E-state index contributed by atoms with van der Waals surface area (Å²) in [7, 11) is 0. The Kier molecular flexibility index (Phi) is 6.60. The summed E-state index contributed by atoms with van der Waals surface area (Å²) >= 11 is 11.8. The first kappa shape index (κ1) is 19.5. The molecule has 2 aromatic rings. The average Bonchev–Trinajstić information content (AvgIpc) is 3.18. The van der Waals surface area contributed by atoms with Crippen molar-refractivity contribution in [2.24, 2.45) is 0 Å². The Morgan fingerprint density at radius 2 is 1.85 bits per heavy atom. The van der Waals surface area contributed by atoms with E-state index in [0.717, 1.165) is 23.7 Å². The van der Waals surface area contributed by atoms with Gasteiger partial charge in [-0.15, -0.1) is 0 Å². The molecule has 0 saturated carbocycles. The van der Waals surface area contributed by atoms with Gasteiger partial charge in [-0.3, -0.25) is 15.0 Å². The molecule has 0 bridgehead atoms. The maximum atomic E-state index is 10.7. The molecular weight excluding hydrogens is 384 g/mol. The van der Waals surface area contributed by atoms with Gasteiger partial charge in [-0.05, 0) is 61.9 Å². The van der Waals surface area contributed by atoms with Gasteiger partial charge in [0, 0.05) is 29.4 Å². The number of nitrogens with one attached hydrogen (secondary N) is 2. The molecule has 0 aromatic heterocycles. The first-order chi connectivity index (χ1) is 13.0. The Balaban J connectivity index is 1.63. The lowest BCUT2D eigenvalue weighted by atomic mass is 10.1. The molecule has 3 rings (SSSR count). The summed E-state index contributed by atoms with van der Waals surface area (Å²) in [5.74, 6) is 0. The molecule has 8 heteroatoms. The number of halogens is 1. The minimum Gasteiger partial charge on any atom is -0.361 e. The van der Waals surface area contributed by atoms with Crippen LogP contribution >= 0.6 is 23.8 Å². The minimum atomic E-state index is -0.426. The Labute approximate surface area is 168 Å². The lowest BCUT2D eigenvalue weighted by Gasteiger charge is -2.29. The molecule has 2 N–H and O–H groups in total. The molecule has 0 radical (unpaired) electrons. The summed E-state index contributed by atoms with van der Waals surface area (Å²) < 4.78 is 0. The molecule has 1 aliphatic heterocycles. The smallest absolute Gasteiger partial charge is 0.269 e. The molecule has 142 valence electrons. The number of nitro groups is 1. The number of anilines is 1. The van der Waals surface area contributed by atoms with Crippen molar-refractivity contribution in [2.75, 3.05) is 25.0 Å². The van der Waals surface area contributed by atoms with E-state index in [9.17, 15) is 10.1 Å².